The van der Waals surface area contributed by atoms with E-state index in [1.165, 1.54) is 0 Å². The molecule has 1 amide bonds. The number of rotatable bonds is 33. The number of carbonyl (C=O) groups excluding carboxylic acids is 2. The van der Waals surface area contributed by atoms with Crippen molar-refractivity contribution in [2.45, 2.75) is 148 Å². The largest absolute Gasteiger partial charge is 0.480 e. The molecule has 290 valence electrons. The molecule has 0 heterocycles. The van der Waals surface area contributed by atoms with Gasteiger partial charge < -0.3 is 20.9 Å². The third-order valence-corrected chi connectivity index (χ3v) is 7.80. The first-order valence-corrected chi connectivity index (χ1v) is 19.7. The highest BCUT2D eigenvalue weighted by Crippen LogP contribution is 2.10. The number of ether oxygens (including phenoxy) is 1. The van der Waals surface area contributed by atoms with Crippen LogP contribution in [0.4, 0.5) is 0 Å². The van der Waals surface area contributed by atoms with Crippen LogP contribution in [-0.4, -0.2) is 41.6 Å². The van der Waals surface area contributed by atoms with Gasteiger partial charge in [0, 0.05) is 12.8 Å². The van der Waals surface area contributed by atoms with Crippen molar-refractivity contribution in [3.05, 3.63) is 109 Å². The molecule has 0 aromatic carbocycles. The van der Waals surface area contributed by atoms with Crippen molar-refractivity contribution in [2.24, 2.45) is 5.73 Å². The van der Waals surface area contributed by atoms with Gasteiger partial charge in [0.15, 0.2) is 0 Å². The molecule has 0 aromatic heterocycles. The molecule has 0 bridgehead atoms. The SMILES string of the molecule is CC/C=C\C/C=C\C/C=C\C/C=C\C/C=C\C/C=C\CCCCC(=O)OC(/C=C\C/C=C\CC)/C=C\CCCCCC(=O)NC(CCCN)C(=O)O. The molecule has 0 aliphatic carbocycles. The molecule has 4 N–H and O–H groups in total. The van der Waals surface area contributed by atoms with E-state index in [1.807, 2.05) is 24.3 Å². The molecule has 7 nitrogen and oxygen atoms in total. The molecule has 2 unspecified atom stereocenters. The highest BCUT2D eigenvalue weighted by atomic mass is 16.5. The maximum Gasteiger partial charge on any atom is 0.326 e. The third kappa shape index (κ3) is 34.5. The maximum absolute atomic E-state index is 12.6. The van der Waals surface area contributed by atoms with Gasteiger partial charge in [0.25, 0.3) is 0 Å². The van der Waals surface area contributed by atoms with Gasteiger partial charge in [-0.15, -0.1) is 0 Å². The lowest BCUT2D eigenvalue weighted by Gasteiger charge is -2.13. The number of carboxylic acids is 1. The van der Waals surface area contributed by atoms with Gasteiger partial charge in [0.05, 0.1) is 0 Å². The van der Waals surface area contributed by atoms with Crippen LogP contribution < -0.4 is 11.1 Å². The summed E-state index contributed by atoms with van der Waals surface area (Å²) in [4.78, 5) is 36.0. The average molecular weight is 719 g/mol. The summed E-state index contributed by atoms with van der Waals surface area (Å²) in [5, 5.41) is 11.8. The van der Waals surface area contributed by atoms with Crippen LogP contribution in [0.25, 0.3) is 0 Å². The molecule has 0 aromatic rings. The summed E-state index contributed by atoms with van der Waals surface area (Å²) in [5.74, 6) is -1.46. The minimum Gasteiger partial charge on any atom is -0.480 e. The summed E-state index contributed by atoms with van der Waals surface area (Å²) in [6, 6.07) is -0.883. The Bertz CT molecular complexity index is 1170. The predicted molar refractivity (Wildman–Crippen MR) is 220 cm³/mol. The molecule has 2 atom stereocenters. The van der Waals surface area contributed by atoms with Gasteiger partial charge in [0.1, 0.15) is 12.1 Å². The van der Waals surface area contributed by atoms with E-state index in [1.54, 1.807) is 0 Å². The topological polar surface area (TPSA) is 119 Å². The van der Waals surface area contributed by atoms with Crippen molar-refractivity contribution in [2.75, 3.05) is 6.54 Å². The van der Waals surface area contributed by atoms with Crippen molar-refractivity contribution in [3.8, 4) is 0 Å². The second-order valence-corrected chi connectivity index (χ2v) is 12.6. The molecular formula is C45H70N2O5. The zero-order valence-corrected chi connectivity index (χ0v) is 32.3. The molecule has 52 heavy (non-hydrogen) atoms. The van der Waals surface area contributed by atoms with Gasteiger partial charge in [-0.05, 0) is 121 Å². The lowest BCUT2D eigenvalue weighted by atomic mass is 10.1. The second-order valence-electron chi connectivity index (χ2n) is 12.6. The fourth-order valence-corrected chi connectivity index (χ4v) is 4.88. The fraction of sp³-hybridized carbons (Fsp3) is 0.533. The van der Waals surface area contributed by atoms with Crippen LogP contribution >= 0.6 is 0 Å². The molecular weight excluding hydrogens is 649 g/mol. The summed E-state index contributed by atoms with van der Waals surface area (Å²) < 4.78 is 5.76. The molecule has 0 fully saturated rings. The minimum atomic E-state index is -1.03. The number of carboxylic acid groups (broad SMARTS) is 1. The first-order chi connectivity index (χ1) is 25.4. The number of hydrogen-bond acceptors (Lipinski definition) is 5. The molecule has 0 aliphatic rings. The number of allylic oxidation sites excluding steroid dienone is 16. The van der Waals surface area contributed by atoms with E-state index in [0.717, 1.165) is 89.9 Å². The lowest BCUT2D eigenvalue weighted by Crippen LogP contribution is -2.40. The summed E-state index contributed by atoms with van der Waals surface area (Å²) in [5.41, 5.74) is 5.45. The first kappa shape index (κ1) is 48.0. The van der Waals surface area contributed by atoms with Crippen LogP contribution in [0.3, 0.4) is 0 Å². The van der Waals surface area contributed by atoms with E-state index in [2.05, 4.69) is 104 Å². The average Bonchev–Trinajstić information content (AvgIpc) is 3.13. The van der Waals surface area contributed by atoms with E-state index in [9.17, 15) is 19.5 Å². The number of nitrogens with one attached hydrogen (secondary N) is 1. The van der Waals surface area contributed by atoms with Crippen molar-refractivity contribution in [1.29, 1.82) is 0 Å². The Labute approximate surface area is 316 Å². The van der Waals surface area contributed by atoms with E-state index >= 15 is 0 Å². The molecule has 0 rings (SSSR count). The van der Waals surface area contributed by atoms with Gasteiger partial charge in [-0.25, -0.2) is 4.79 Å². The Morgan fingerprint density at radius 3 is 1.58 bits per heavy atom. The third-order valence-electron chi connectivity index (χ3n) is 7.80. The second kappa shape index (κ2) is 38.3. The Morgan fingerprint density at radius 1 is 0.577 bits per heavy atom. The molecule has 0 radical (unpaired) electrons. The summed E-state index contributed by atoms with van der Waals surface area (Å²) in [6.07, 6.45) is 53.3. The molecule has 0 aliphatic heterocycles. The number of esters is 1. The zero-order chi connectivity index (χ0) is 38.2. The van der Waals surface area contributed by atoms with Crippen LogP contribution in [0.1, 0.15) is 136 Å². The molecule has 0 spiro atoms. The predicted octanol–water partition coefficient (Wildman–Crippen LogP) is 10.9. The minimum absolute atomic E-state index is 0.191. The summed E-state index contributed by atoms with van der Waals surface area (Å²) >= 11 is 0. The van der Waals surface area contributed by atoms with Gasteiger partial charge in [-0.3, -0.25) is 9.59 Å². The highest BCUT2D eigenvalue weighted by Gasteiger charge is 2.18. The quantitative estimate of drug-likeness (QED) is 0.0353. The van der Waals surface area contributed by atoms with Crippen molar-refractivity contribution in [3.63, 3.8) is 0 Å². The van der Waals surface area contributed by atoms with Gasteiger partial charge in [-0.2, -0.15) is 0 Å². The molecule has 0 saturated heterocycles. The van der Waals surface area contributed by atoms with Crippen LogP contribution in [0.5, 0.6) is 0 Å². The Hall–Kier alpha value is -3.97. The summed E-state index contributed by atoms with van der Waals surface area (Å²) in [6.45, 7) is 4.64. The summed E-state index contributed by atoms with van der Waals surface area (Å²) in [7, 11) is 0. The van der Waals surface area contributed by atoms with Crippen molar-refractivity contribution >= 4 is 17.8 Å². The standard InChI is InChI=1S/C45H70N2O5/c1-3-5-7-9-10-11-12-13-14-15-16-17-18-19-20-21-22-23-24-29-33-39-44(49)52-41(35-30-26-8-6-4-2)36-31-27-25-28-32-38-43(48)47-42(45(50)51)37-34-40-46/h5-8,10-11,13-14,16-17,19-20,22-23,30-31,35-36,41-42H,3-4,9,12,15,18,21,24-29,32-34,37-40,46H2,1-2H3,(H,47,48)(H,50,51)/b7-5-,8-6-,11-10-,14-13-,17-16-,20-19-,23-22-,35-30-,36-31-. The van der Waals surface area contributed by atoms with E-state index < -0.39 is 18.1 Å². The number of hydrogen-bond donors (Lipinski definition) is 3. The Balaban J connectivity index is 4.29. The van der Waals surface area contributed by atoms with Crippen molar-refractivity contribution in [1.82, 2.24) is 5.32 Å². The Kier molecular flexibility index (Phi) is 35.3. The number of amides is 1. The zero-order valence-electron chi connectivity index (χ0n) is 32.3. The van der Waals surface area contributed by atoms with Crippen molar-refractivity contribution < 1.29 is 24.2 Å². The van der Waals surface area contributed by atoms with Gasteiger partial charge in [-0.1, -0.05) is 117 Å². The van der Waals surface area contributed by atoms with Gasteiger partial charge in [0.2, 0.25) is 5.91 Å². The van der Waals surface area contributed by atoms with E-state index in [-0.39, 0.29) is 11.9 Å². The molecule has 7 heteroatoms. The lowest BCUT2D eigenvalue weighted by molar-refractivity contribution is -0.145. The molecule has 0 saturated carbocycles. The van der Waals surface area contributed by atoms with E-state index in [0.29, 0.717) is 38.6 Å². The number of unbranched alkanes of at least 4 members (excludes halogenated alkanes) is 5. The smallest absolute Gasteiger partial charge is 0.326 e. The van der Waals surface area contributed by atoms with E-state index in [4.69, 9.17) is 10.5 Å². The van der Waals surface area contributed by atoms with Crippen LogP contribution in [0.2, 0.25) is 0 Å². The first-order valence-electron chi connectivity index (χ1n) is 19.7. The maximum atomic E-state index is 12.6. The Morgan fingerprint density at radius 2 is 1.04 bits per heavy atom. The van der Waals surface area contributed by atoms with Crippen LogP contribution in [-0.2, 0) is 19.1 Å². The normalized spacial score (nSPS) is 13.9. The van der Waals surface area contributed by atoms with Crippen LogP contribution in [0.15, 0.2) is 109 Å². The monoisotopic (exact) mass is 719 g/mol. The fourth-order valence-electron chi connectivity index (χ4n) is 4.88. The number of carbonyl (C=O) groups is 3. The number of aliphatic carboxylic acids is 1. The highest BCUT2D eigenvalue weighted by molar-refractivity contribution is 5.83. The van der Waals surface area contributed by atoms with Gasteiger partial charge >= 0.3 is 11.9 Å². The number of nitrogens with two attached hydrogens (primary N) is 1. The van der Waals surface area contributed by atoms with Crippen LogP contribution in [0, 0.1) is 0 Å².